The Hall–Kier alpha value is -4.82. The van der Waals surface area contributed by atoms with Crippen LogP contribution in [0.5, 0.6) is 0 Å². The lowest BCUT2D eigenvalue weighted by molar-refractivity contribution is -0.0350. The van der Waals surface area contributed by atoms with Gasteiger partial charge in [0.05, 0.1) is 36.5 Å². The second kappa shape index (κ2) is 16.1. The van der Waals surface area contributed by atoms with Crippen LogP contribution >= 0.6 is 0 Å². The molecule has 4 heterocycles. The van der Waals surface area contributed by atoms with E-state index in [-0.39, 0.29) is 36.0 Å². The van der Waals surface area contributed by atoms with Crippen LogP contribution in [0.3, 0.4) is 0 Å². The largest absolute Gasteiger partial charge is 0.450 e. The number of anilines is 2. The minimum absolute atomic E-state index is 0.0995. The number of ether oxygens (including phenoxy) is 4. The molecule has 2 aromatic rings. The molecule has 0 aromatic carbocycles. The number of nitrogens with zero attached hydrogens (tertiary/aromatic N) is 4. The maximum atomic E-state index is 12.2. The molecule has 4 rings (SSSR count). The summed E-state index contributed by atoms with van der Waals surface area (Å²) < 4.78 is 22.2. The van der Waals surface area contributed by atoms with Crippen molar-refractivity contribution in [2.45, 2.75) is 83.2 Å². The molecule has 18 heteroatoms. The summed E-state index contributed by atoms with van der Waals surface area (Å²) in [6.07, 6.45) is 3.79. The van der Waals surface area contributed by atoms with E-state index in [0.717, 1.165) is 9.13 Å². The Balaban J connectivity index is 0.000000256. The van der Waals surface area contributed by atoms with Crippen molar-refractivity contribution in [3.8, 4) is 24.7 Å². The number of rotatable bonds is 7. The van der Waals surface area contributed by atoms with Gasteiger partial charge in [-0.2, -0.15) is 9.97 Å². The van der Waals surface area contributed by atoms with E-state index < -0.39 is 72.6 Å². The monoisotopic (exact) mass is 660 g/mol. The van der Waals surface area contributed by atoms with Gasteiger partial charge in [0.1, 0.15) is 24.4 Å². The van der Waals surface area contributed by atoms with Crippen molar-refractivity contribution in [3.05, 3.63) is 44.5 Å². The molecule has 0 aliphatic carbocycles. The summed E-state index contributed by atoms with van der Waals surface area (Å²) in [6, 6.07) is 0. The number of aliphatic hydroxyl groups excluding tert-OH is 4. The molecule has 0 saturated carbocycles. The third-order valence-corrected chi connectivity index (χ3v) is 6.87. The van der Waals surface area contributed by atoms with Crippen molar-refractivity contribution >= 4 is 23.8 Å². The predicted octanol–water partition coefficient (Wildman–Crippen LogP) is -0.746. The van der Waals surface area contributed by atoms with Crippen molar-refractivity contribution < 1.29 is 49.0 Å². The number of aromatic nitrogens is 4. The number of hydrogen-bond donors (Lipinski definition) is 6. The summed E-state index contributed by atoms with van der Waals surface area (Å²) in [4.78, 5) is 54.7. The number of nitrogens with one attached hydrogen (secondary N) is 2. The second-order valence-electron chi connectivity index (χ2n) is 10.2. The molecular weight excluding hydrogens is 624 g/mol. The molecule has 0 radical (unpaired) electrons. The van der Waals surface area contributed by atoms with Gasteiger partial charge in [-0.25, -0.2) is 19.2 Å². The molecule has 8 atom stereocenters. The highest BCUT2D eigenvalue weighted by Crippen LogP contribution is 2.29. The van der Waals surface area contributed by atoms with Gasteiger partial charge in [0.25, 0.3) is 0 Å². The number of aliphatic hydroxyl groups is 4. The van der Waals surface area contributed by atoms with Gasteiger partial charge in [0.15, 0.2) is 24.1 Å². The van der Waals surface area contributed by atoms with Crippen LogP contribution in [-0.2, 0) is 18.9 Å². The van der Waals surface area contributed by atoms with Crippen molar-refractivity contribution in [1.82, 2.24) is 19.1 Å². The Morgan fingerprint density at radius 3 is 1.53 bits per heavy atom. The van der Waals surface area contributed by atoms with Gasteiger partial charge in [-0.1, -0.05) is 18.8 Å². The molecule has 0 unspecified atom stereocenters. The van der Waals surface area contributed by atoms with Gasteiger partial charge in [0, 0.05) is 12.4 Å². The second-order valence-corrected chi connectivity index (χ2v) is 10.2. The summed E-state index contributed by atoms with van der Waals surface area (Å²) >= 11 is 0. The molecule has 2 aromatic heterocycles. The smallest absolute Gasteiger partial charge is 0.412 e. The molecule has 2 aliphatic heterocycles. The summed E-state index contributed by atoms with van der Waals surface area (Å²) in [5.41, 5.74) is -1.40. The fraction of sp³-hybridized carbons (Fsp3) is 0.517. The predicted molar refractivity (Wildman–Crippen MR) is 162 cm³/mol. The fourth-order valence-electron chi connectivity index (χ4n) is 4.41. The summed E-state index contributed by atoms with van der Waals surface area (Å²) in [7, 11) is 0. The summed E-state index contributed by atoms with van der Waals surface area (Å²) in [5, 5.41) is 44.0. The van der Waals surface area contributed by atoms with Crippen LogP contribution in [0.1, 0.15) is 57.7 Å². The van der Waals surface area contributed by atoms with Crippen LogP contribution in [0.2, 0.25) is 0 Å². The molecule has 254 valence electrons. The maximum absolute atomic E-state index is 12.2. The lowest BCUT2D eigenvalue weighted by Gasteiger charge is -2.18. The Bertz CT molecular complexity index is 1650. The average molecular weight is 661 g/mol. The van der Waals surface area contributed by atoms with E-state index in [1.165, 1.54) is 12.4 Å². The molecule has 0 bridgehead atoms. The lowest BCUT2D eigenvalue weighted by atomic mass is 10.1. The Labute approximate surface area is 268 Å². The van der Waals surface area contributed by atoms with E-state index in [1.54, 1.807) is 20.8 Å². The molecule has 2 fully saturated rings. The van der Waals surface area contributed by atoms with Crippen LogP contribution in [0.25, 0.3) is 0 Å². The number of carbonyl (C=O) groups is 2. The third-order valence-electron chi connectivity index (χ3n) is 6.87. The van der Waals surface area contributed by atoms with E-state index in [2.05, 4.69) is 32.4 Å². The van der Waals surface area contributed by atoms with Crippen molar-refractivity contribution in [3.63, 3.8) is 0 Å². The first-order chi connectivity index (χ1) is 22.3. The Morgan fingerprint density at radius 1 is 0.809 bits per heavy atom. The number of terminal acetylenes is 2. The van der Waals surface area contributed by atoms with Gasteiger partial charge in [-0.3, -0.25) is 19.8 Å². The summed E-state index contributed by atoms with van der Waals surface area (Å²) in [6.45, 7) is 6.94. The lowest BCUT2D eigenvalue weighted by Crippen LogP contribution is -2.36. The molecule has 18 nitrogen and oxygen atoms in total. The number of amides is 2. The Morgan fingerprint density at radius 2 is 1.21 bits per heavy atom. The average Bonchev–Trinajstić information content (AvgIpc) is 3.44. The molecular formula is C29H36N6O12. The zero-order valence-corrected chi connectivity index (χ0v) is 25.9. The minimum Gasteiger partial charge on any atom is -0.450 e. The van der Waals surface area contributed by atoms with Crippen LogP contribution in [0.4, 0.5) is 21.2 Å². The van der Waals surface area contributed by atoms with Crippen molar-refractivity contribution in [2.24, 2.45) is 0 Å². The standard InChI is InChI=1S/C15H19N3O6.C14H17N3O6/c1-4-6-23-15(22)17-12-9(5-2)7-18(14(21)16-12)13-11(20)10(19)8(3)24-13;1-4-8-6-17(12-10(19)9(18)7(3)23-12)13(20)15-11(8)16-14(21)22-5-2/h2,7-8,10-11,13,19-20H,4,6H2,1,3H3,(H,16,17,21,22);1,6-7,9-10,12,18-19H,5H2,2-3H3,(H,15,16,20,21)/t8-,10-,11-,13-;7-,9-,10-,12-/m11/s1. The van der Waals surface area contributed by atoms with Crippen LogP contribution in [0.15, 0.2) is 22.0 Å². The zero-order chi connectivity index (χ0) is 35.0. The van der Waals surface area contributed by atoms with E-state index in [1.807, 2.05) is 6.92 Å². The van der Waals surface area contributed by atoms with Gasteiger partial charge in [0.2, 0.25) is 0 Å². The Kier molecular flexibility index (Phi) is 12.6. The summed E-state index contributed by atoms with van der Waals surface area (Å²) in [5.74, 6) is 4.32. The van der Waals surface area contributed by atoms with E-state index in [4.69, 9.17) is 31.8 Å². The first-order valence-corrected chi connectivity index (χ1v) is 14.4. The minimum atomic E-state index is -1.31. The highest BCUT2D eigenvalue weighted by molar-refractivity contribution is 5.85. The number of hydrogen-bond acceptors (Lipinski definition) is 14. The SMILES string of the molecule is C#Cc1cn([C@@H]2O[C@H](C)[C@@H](O)[C@H]2O)c(=O)nc1NC(=O)OCC.C#Cc1cn([C@@H]2O[C@H](C)[C@@H](O)[C@H]2O)c(=O)nc1NC(=O)OCCC. The molecule has 47 heavy (non-hydrogen) atoms. The first-order valence-electron chi connectivity index (χ1n) is 14.4. The van der Waals surface area contributed by atoms with Crippen LogP contribution in [0, 0.1) is 24.7 Å². The van der Waals surface area contributed by atoms with E-state index in [0.29, 0.717) is 6.42 Å². The molecule has 2 amide bonds. The van der Waals surface area contributed by atoms with E-state index in [9.17, 15) is 39.6 Å². The van der Waals surface area contributed by atoms with Gasteiger partial charge in [-0.15, -0.1) is 12.8 Å². The van der Waals surface area contributed by atoms with Gasteiger partial charge in [-0.05, 0) is 27.2 Å². The van der Waals surface area contributed by atoms with Crippen molar-refractivity contribution in [1.29, 1.82) is 0 Å². The zero-order valence-electron chi connectivity index (χ0n) is 25.9. The highest BCUT2D eigenvalue weighted by atomic mass is 16.6. The number of carbonyl (C=O) groups excluding carboxylic acids is 2. The van der Waals surface area contributed by atoms with Crippen LogP contribution in [-0.4, -0.2) is 102 Å². The molecule has 2 saturated heterocycles. The van der Waals surface area contributed by atoms with Crippen LogP contribution < -0.4 is 22.0 Å². The first kappa shape index (κ1) is 36.6. The third kappa shape index (κ3) is 8.51. The van der Waals surface area contributed by atoms with Gasteiger partial charge >= 0.3 is 23.6 Å². The molecule has 6 N–H and O–H groups in total. The molecule has 2 aliphatic rings. The normalized spacial score (nSPS) is 26.3. The molecule has 0 spiro atoms. The van der Waals surface area contributed by atoms with Gasteiger partial charge < -0.3 is 39.4 Å². The topological polar surface area (TPSA) is 246 Å². The highest BCUT2D eigenvalue weighted by Gasteiger charge is 2.43. The quantitative estimate of drug-likeness (QED) is 0.200. The van der Waals surface area contributed by atoms with Crippen molar-refractivity contribution in [2.75, 3.05) is 23.8 Å². The fourth-order valence-corrected chi connectivity index (χ4v) is 4.41. The maximum Gasteiger partial charge on any atom is 0.412 e. The van der Waals surface area contributed by atoms with E-state index >= 15 is 0 Å².